The number of thioether (sulfide) groups is 1. The van der Waals surface area contributed by atoms with E-state index in [9.17, 15) is 9.59 Å². The fraction of sp³-hybridized carbons (Fsp3) is 0.222. The van der Waals surface area contributed by atoms with Crippen molar-refractivity contribution in [2.75, 3.05) is 10.6 Å². The molecule has 24 heavy (non-hydrogen) atoms. The van der Waals surface area contributed by atoms with Crippen molar-refractivity contribution >= 4 is 46.6 Å². The molecule has 0 saturated carbocycles. The summed E-state index contributed by atoms with van der Waals surface area (Å²) in [5.41, 5.74) is 3.62. The van der Waals surface area contributed by atoms with E-state index in [1.54, 1.807) is 12.1 Å². The molecule has 1 aliphatic heterocycles. The molecule has 3 rings (SSSR count). The summed E-state index contributed by atoms with van der Waals surface area (Å²) in [6.45, 7) is 3.95. The Balaban J connectivity index is 1.68. The lowest BCUT2D eigenvalue weighted by Gasteiger charge is -2.24. The van der Waals surface area contributed by atoms with Gasteiger partial charge in [-0.15, -0.1) is 11.8 Å². The minimum Gasteiger partial charge on any atom is -0.326 e. The Morgan fingerprint density at radius 2 is 2.04 bits per heavy atom. The van der Waals surface area contributed by atoms with Gasteiger partial charge in [-0.25, -0.2) is 0 Å². The van der Waals surface area contributed by atoms with Gasteiger partial charge in [-0.05, 0) is 43.7 Å². The van der Waals surface area contributed by atoms with Gasteiger partial charge in [0.25, 0.3) is 0 Å². The summed E-state index contributed by atoms with van der Waals surface area (Å²) in [6.07, 6.45) is 0.117. The SMILES string of the molecule is Cc1ccc(NC(=O)CC2Sc3ccc(Cl)cc3NC2=O)c(C)c1. The molecule has 0 spiro atoms. The molecule has 0 fully saturated rings. The first-order valence-corrected chi connectivity index (χ1v) is 8.82. The van der Waals surface area contributed by atoms with Gasteiger partial charge in [-0.3, -0.25) is 9.59 Å². The molecule has 1 heterocycles. The second-order valence-electron chi connectivity index (χ2n) is 5.81. The van der Waals surface area contributed by atoms with Gasteiger partial charge in [0, 0.05) is 22.0 Å². The van der Waals surface area contributed by atoms with E-state index < -0.39 is 5.25 Å². The van der Waals surface area contributed by atoms with E-state index >= 15 is 0 Å². The van der Waals surface area contributed by atoms with Crippen molar-refractivity contribution in [3.63, 3.8) is 0 Å². The fourth-order valence-electron chi connectivity index (χ4n) is 2.58. The number of aryl methyl sites for hydroxylation is 2. The lowest BCUT2D eigenvalue weighted by atomic mass is 10.1. The van der Waals surface area contributed by atoms with Crippen LogP contribution in [0.5, 0.6) is 0 Å². The Hall–Kier alpha value is -1.98. The van der Waals surface area contributed by atoms with E-state index in [0.29, 0.717) is 10.7 Å². The number of anilines is 2. The zero-order valence-corrected chi connectivity index (χ0v) is 14.9. The molecule has 2 N–H and O–H groups in total. The second kappa shape index (κ2) is 6.87. The molecule has 6 heteroatoms. The Labute approximate surface area is 150 Å². The van der Waals surface area contributed by atoms with Crippen LogP contribution in [0.4, 0.5) is 11.4 Å². The molecule has 2 aromatic carbocycles. The number of fused-ring (bicyclic) bond motifs is 1. The van der Waals surface area contributed by atoms with E-state index in [0.717, 1.165) is 21.7 Å². The van der Waals surface area contributed by atoms with Crippen LogP contribution in [0.1, 0.15) is 17.5 Å². The molecule has 4 nitrogen and oxygen atoms in total. The number of carbonyl (C=O) groups is 2. The molecule has 1 aliphatic rings. The zero-order valence-electron chi connectivity index (χ0n) is 13.4. The molecular weight excluding hydrogens is 344 g/mol. The topological polar surface area (TPSA) is 58.2 Å². The molecule has 2 amide bonds. The second-order valence-corrected chi connectivity index (χ2v) is 7.49. The fourth-order valence-corrected chi connectivity index (χ4v) is 3.84. The van der Waals surface area contributed by atoms with Crippen LogP contribution in [0.2, 0.25) is 5.02 Å². The first-order chi connectivity index (χ1) is 11.4. The maximum Gasteiger partial charge on any atom is 0.238 e. The van der Waals surface area contributed by atoms with Crippen LogP contribution >= 0.6 is 23.4 Å². The van der Waals surface area contributed by atoms with Crippen LogP contribution in [0.25, 0.3) is 0 Å². The quantitative estimate of drug-likeness (QED) is 0.853. The lowest BCUT2D eigenvalue weighted by molar-refractivity contribution is -0.120. The summed E-state index contributed by atoms with van der Waals surface area (Å²) >= 11 is 7.32. The highest BCUT2D eigenvalue weighted by atomic mass is 35.5. The average Bonchev–Trinajstić information content (AvgIpc) is 2.51. The first-order valence-electron chi connectivity index (χ1n) is 7.56. The van der Waals surface area contributed by atoms with Crippen molar-refractivity contribution in [3.05, 3.63) is 52.5 Å². The van der Waals surface area contributed by atoms with Gasteiger partial charge in [0.2, 0.25) is 11.8 Å². The molecule has 0 radical (unpaired) electrons. The zero-order chi connectivity index (χ0) is 17.3. The largest absolute Gasteiger partial charge is 0.326 e. The molecule has 0 aliphatic carbocycles. The van der Waals surface area contributed by atoms with E-state index in [1.165, 1.54) is 11.8 Å². The molecule has 1 atom stereocenters. The normalized spacial score (nSPS) is 16.3. The average molecular weight is 361 g/mol. The molecule has 2 aromatic rings. The summed E-state index contributed by atoms with van der Waals surface area (Å²) in [5.74, 6) is -0.349. The van der Waals surface area contributed by atoms with Gasteiger partial charge < -0.3 is 10.6 Å². The number of halogens is 1. The van der Waals surface area contributed by atoms with E-state index in [1.807, 2.05) is 38.1 Å². The molecule has 0 saturated heterocycles. The Bertz CT molecular complexity index is 823. The van der Waals surface area contributed by atoms with Crippen molar-refractivity contribution in [2.24, 2.45) is 0 Å². The number of rotatable bonds is 3. The number of hydrogen-bond acceptors (Lipinski definition) is 3. The van der Waals surface area contributed by atoms with Gasteiger partial charge in [-0.2, -0.15) is 0 Å². The van der Waals surface area contributed by atoms with Gasteiger partial charge in [0.05, 0.1) is 10.9 Å². The van der Waals surface area contributed by atoms with Gasteiger partial charge >= 0.3 is 0 Å². The minimum absolute atomic E-state index is 0.117. The molecule has 124 valence electrons. The van der Waals surface area contributed by atoms with Crippen LogP contribution < -0.4 is 10.6 Å². The smallest absolute Gasteiger partial charge is 0.238 e. The summed E-state index contributed by atoms with van der Waals surface area (Å²) in [7, 11) is 0. The van der Waals surface area contributed by atoms with Crippen molar-refractivity contribution < 1.29 is 9.59 Å². The van der Waals surface area contributed by atoms with Crippen molar-refractivity contribution in [2.45, 2.75) is 30.4 Å². The van der Waals surface area contributed by atoms with Gasteiger partial charge in [0.1, 0.15) is 0 Å². The third-order valence-electron chi connectivity index (χ3n) is 3.79. The molecule has 0 aromatic heterocycles. The van der Waals surface area contributed by atoms with E-state index in [2.05, 4.69) is 10.6 Å². The standard InChI is InChI=1S/C18H17ClN2O2S/c1-10-3-5-13(11(2)7-10)20-17(22)9-16-18(23)21-14-8-12(19)4-6-15(14)24-16/h3-8,16H,9H2,1-2H3,(H,20,22)(H,21,23). The van der Waals surface area contributed by atoms with Gasteiger partial charge in [-0.1, -0.05) is 29.3 Å². The Kier molecular flexibility index (Phi) is 4.83. The van der Waals surface area contributed by atoms with Crippen molar-refractivity contribution in [3.8, 4) is 0 Å². The third kappa shape index (κ3) is 3.74. The first kappa shape index (κ1) is 16.9. The maximum atomic E-state index is 12.3. The lowest BCUT2D eigenvalue weighted by Crippen LogP contribution is -2.32. The van der Waals surface area contributed by atoms with E-state index in [-0.39, 0.29) is 18.2 Å². The number of amides is 2. The molecule has 1 unspecified atom stereocenters. The summed E-state index contributed by atoms with van der Waals surface area (Å²) < 4.78 is 0. The van der Waals surface area contributed by atoms with Crippen LogP contribution in [-0.2, 0) is 9.59 Å². The van der Waals surface area contributed by atoms with Crippen LogP contribution in [-0.4, -0.2) is 17.1 Å². The highest BCUT2D eigenvalue weighted by molar-refractivity contribution is 8.01. The summed E-state index contributed by atoms with van der Waals surface area (Å²) in [5, 5.41) is 5.82. The molecule has 0 bridgehead atoms. The summed E-state index contributed by atoms with van der Waals surface area (Å²) in [6, 6.07) is 11.2. The van der Waals surface area contributed by atoms with Gasteiger partial charge in [0.15, 0.2) is 0 Å². The number of carbonyl (C=O) groups excluding carboxylic acids is 2. The predicted octanol–water partition coefficient (Wildman–Crippen LogP) is 4.40. The highest BCUT2D eigenvalue weighted by Crippen LogP contribution is 2.38. The van der Waals surface area contributed by atoms with Crippen LogP contribution in [0.15, 0.2) is 41.3 Å². The Morgan fingerprint density at radius 1 is 1.25 bits per heavy atom. The van der Waals surface area contributed by atoms with E-state index in [4.69, 9.17) is 11.6 Å². The number of benzene rings is 2. The third-order valence-corrected chi connectivity index (χ3v) is 5.30. The highest BCUT2D eigenvalue weighted by Gasteiger charge is 2.29. The predicted molar refractivity (Wildman–Crippen MR) is 98.9 cm³/mol. The number of hydrogen-bond donors (Lipinski definition) is 2. The van der Waals surface area contributed by atoms with Crippen molar-refractivity contribution in [1.82, 2.24) is 0 Å². The van der Waals surface area contributed by atoms with Crippen molar-refractivity contribution in [1.29, 1.82) is 0 Å². The monoisotopic (exact) mass is 360 g/mol. The Morgan fingerprint density at radius 3 is 2.79 bits per heavy atom. The maximum absolute atomic E-state index is 12.3. The van der Waals surface area contributed by atoms with Crippen LogP contribution in [0.3, 0.4) is 0 Å². The molecular formula is C18H17ClN2O2S. The number of nitrogens with one attached hydrogen (secondary N) is 2. The minimum atomic E-state index is -0.454. The van der Waals surface area contributed by atoms with Crippen LogP contribution in [0, 0.1) is 13.8 Å². The summed E-state index contributed by atoms with van der Waals surface area (Å²) in [4.78, 5) is 25.4.